The molecular formula is C27H34N2O4. The van der Waals surface area contributed by atoms with Crippen molar-refractivity contribution < 1.29 is 19.1 Å². The van der Waals surface area contributed by atoms with Crippen LogP contribution in [-0.4, -0.2) is 55.0 Å². The number of benzene rings is 2. The van der Waals surface area contributed by atoms with Crippen LogP contribution >= 0.6 is 0 Å². The van der Waals surface area contributed by atoms with Crippen LogP contribution < -0.4 is 9.47 Å². The summed E-state index contributed by atoms with van der Waals surface area (Å²) in [5.74, 6) is 1.87. The second kappa shape index (κ2) is 10.3. The summed E-state index contributed by atoms with van der Waals surface area (Å²) in [4.78, 5) is 31.0. The fourth-order valence-electron chi connectivity index (χ4n) is 5.11. The molecule has 4 rings (SSSR count). The van der Waals surface area contributed by atoms with Crippen molar-refractivity contribution in [3.63, 3.8) is 0 Å². The first-order chi connectivity index (χ1) is 16.0. The molecule has 1 saturated heterocycles. The number of methoxy groups -OCH3 is 2. The van der Waals surface area contributed by atoms with Crippen molar-refractivity contribution in [2.24, 2.45) is 5.92 Å². The average molecular weight is 451 g/mol. The summed E-state index contributed by atoms with van der Waals surface area (Å²) in [6.07, 6.45) is 4.77. The van der Waals surface area contributed by atoms with E-state index in [4.69, 9.17) is 9.47 Å². The predicted molar refractivity (Wildman–Crippen MR) is 127 cm³/mol. The SMILES string of the molecule is COc1ccc(OC)c([C@H]2C(=O)N(C3CCC(C)CC3)CC(=O)N2CCc2ccccc2)c1. The fourth-order valence-corrected chi connectivity index (χ4v) is 5.11. The van der Waals surface area contributed by atoms with Gasteiger partial charge in [-0.2, -0.15) is 0 Å². The first kappa shape index (κ1) is 23.1. The van der Waals surface area contributed by atoms with Crippen LogP contribution in [0.25, 0.3) is 0 Å². The van der Waals surface area contributed by atoms with Crippen molar-refractivity contribution in [3.05, 3.63) is 59.7 Å². The van der Waals surface area contributed by atoms with Crippen molar-refractivity contribution in [1.29, 1.82) is 0 Å². The van der Waals surface area contributed by atoms with Gasteiger partial charge in [0, 0.05) is 18.2 Å². The Hall–Kier alpha value is -3.02. The quantitative estimate of drug-likeness (QED) is 0.633. The molecule has 2 fully saturated rings. The Bertz CT molecular complexity index is 969. The molecule has 1 aliphatic heterocycles. The van der Waals surface area contributed by atoms with Crippen LogP contribution in [0.4, 0.5) is 0 Å². The fraction of sp³-hybridized carbons (Fsp3) is 0.481. The predicted octanol–water partition coefficient (Wildman–Crippen LogP) is 4.24. The Labute approximate surface area is 196 Å². The Morgan fingerprint density at radius 1 is 0.939 bits per heavy atom. The highest BCUT2D eigenvalue weighted by Crippen LogP contribution is 2.38. The minimum Gasteiger partial charge on any atom is -0.497 e. The maximum absolute atomic E-state index is 14.0. The molecule has 6 heteroatoms. The van der Waals surface area contributed by atoms with Gasteiger partial charge in [0.15, 0.2) is 0 Å². The molecule has 1 atom stereocenters. The molecular weight excluding hydrogens is 416 g/mol. The van der Waals surface area contributed by atoms with Gasteiger partial charge in [0.05, 0.1) is 14.2 Å². The van der Waals surface area contributed by atoms with E-state index in [2.05, 4.69) is 6.92 Å². The van der Waals surface area contributed by atoms with Gasteiger partial charge in [-0.15, -0.1) is 0 Å². The van der Waals surface area contributed by atoms with Crippen molar-refractivity contribution in [3.8, 4) is 11.5 Å². The van der Waals surface area contributed by atoms with Gasteiger partial charge < -0.3 is 19.3 Å². The molecule has 1 heterocycles. The van der Waals surface area contributed by atoms with Gasteiger partial charge in [0.1, 0.15) is 24.1 Å². The number of nitrogens with zero attached hydrogens (tertiary/aromatic N) is 2. The molecule has 0 spiro atoms. The highest BCUT2D eigenvalue weighted by Gasteiger charge is 2.44. The third kappa shape index (κ3) is 5.00. The number of ether oxygens (including phenoxy) is 2. The molecule has 2 aromatic carbocycles. The standard InChI is InChI=1S/C27H34N2O4/c1-19-9-11-21(12-10-19)29-18-25(30)28(16-15-20-7-5-4-6-8-20)26(27(29)31)23-17-22(32-2)13-14-24(23)33-3/h4-8,13-14,17,19,21,26H,9-12,15-16,18H2,1-3H3/t19?,21?,26-/m0/s1. The maximum Gasteiger partial charge on any atom is 0.250 e. The van der Waals surface area contributed by atoms with Gasteiger partial charge in [-0.25, -0.2) is 0 Å². The zero-order valence-corrected chi connectivity index (χ0v) is 19.8. The minimum absolute atomic E-state index is 0.0148. The van der Waals surface area contributed by atoms with Gasteiger partial charge in [-0.3, -0.25) is 9.59 Å². The Balaban J connectivity index is 1.68. The largest absolute Gasteiger partial charge is 0.497 e. The molecule has 2 aliphatic rings. The Kier molecular flexibility index (Phi) is 7.21. The van der Waals surface area contributed by atoms with Crippen LogP contribution in [0.3, 0.4) is 0 Å². The molecule has 33 heavy (non-hydrogen) atoms. The molecule has 1 aliphatic carbocycles. The van der Waals surface area contributed by atoms with E-state index in [0.29, 0.717) is 35.9 Å². The third-order valence-corrected chi connectivity index (χ3v) is 7.10. The number of hydrogen-bond acceptors (Lipinski definition) is 4. The monoisotopic (exact) mass is 450 g/mol. The molecule has 0 unspecified atom stereocenters. The number of carbonyl (C=O) groups excluding carboxylic acids is 2. The second-order valence-corrected chi connectivity index (χ2v) is 9.21. The molecule has 0 aromatic heterocycles. The lowest BCUT2D eigenvalue weighted by molar-refractivity contribution is -0.159. The number of rotatable bonds is 7. The highest BCUT2D eigenvalue weighted by molar-refractivity contribution is 5.96. The number of hydrogen-bond donors (Lipinski definition) is 0. The summed E-state index contributed by atoms with van der Waals surface area (Å²) in [6.45, 7) is 2.87. The number of piperazine rings is 1. The zero-order chi connectivity index (χ0) is 23.4. The summed E-state index contributed by atoms with van der Waals surface area (Å²) in [7, 11) is 3.19. The topological polar surface area (TPSA) is 59.1 Å². The van der Waals surface area contributed by atoms with Crippen LogP contribution in [0.5, 0.6) is 11.5 Å². The van der Waals surface area contributed by atoms with Crippen LogP contribution in [-0.2, 0) is 16.0 Å². The van der Waals surface area contributed by atoms with E-state index in [1.54, 1.807) is 19.1 Å². The van der Waals surface area contributed by atoms with E-state index < -0.39 is 6.04 Å². The first-order valence-corrected chi connectivity index (χ1v) is 11.9. The van der Waals surface area contributed by atoms with Crippen molar-refractivity contribution in [2.75, 3.05) is 27.3 Å². The molecule has 0 N–H and O–H groups in total. The third-order valence-electron chi connectivity index (χ3n) is 7.10. The van der Waals surface area contributed by atoms with E-state index in [-0.39, 0.29) is 24.4 Å². The average Bonchev–Trinajstić information content (AvgIpc) is 2.85. The van der Waals surface area contributed by atoms with Crippen LogP contribution in [0, 0.1) is 5.92 Å². The van der Waals surface area contributed by atoms with Gasteiger partial charge >= 0.3 is 0 Å². The molecule has 2 aromatic rings. The van der Waals surface area contributed by atoms with E-state index >= 15 is 0 Å². The Morgan fingerprint density at radius 3 is 2.33 bits per heavy atom. The van der Waals surface area contributed by atoms with E-state index in [1.807, 2.05) is 53.4 Å². The van der Waals surface area contributed by atoms with Crippen molar-refractivity contribution in [2.45, 2.75) is 51.1 Å². The normalized spacial score (nSPS) is 23.5. The van der Waals surface area contributed by atoms with E-state index in [9.17, 15) is 9.59 Å². The van der Waals surface area contributed by atoms with E-state index in [0.717, 1.165) is 31.2 Å². The summed E-state index contributed by atoms with van der Waals surface area (Å²) in [6, 6.07) is 14.9. The molecule has 176 valence electrons. The van der Waals surface area contributed by atoms with Crippen molar-refractivity contribution in [1.82, 2.24) is 9.80 Å². The zero-order valence-electron chi connectivity index (χ0n) is 19.8. The lowest BCUT2D eigenvalue weighted by Crippen LogP contribution is -2.59. The number of carbonyl (C=O) groups is 2. The van der Waals surface area contributed by atoms with Gasteiger partial charge in [0.2, 0.25) is 5.91 Å². The van der Waals surface area contributed by atoms with Gasteiger partial charge in [-0.1, -0.05) is 37.3 Å². The second-order valence-electron chi connectivity index (χ2n) is 9.21. The number of amides is 2. The smallest absolute Gasteiger partial charge is 0.250 e. The molecule has 0 bridgehead atoms. The molecule has 6 nitrogen and oxygen atoms in total. The van der Waals surface area contributed by atoms with Gasteiger partial charge in [-0.05, 0) is 61.8 Å². The highest BCUT2D eigenvalue weighted by atomic mass is 16.5. The molecule has 1 saturated carbocycles. The summed E-state index contributed by atoms with van der Waals surface area (Å²) in [5.41, 5.74) is 1.81. The minimum atomic E-state index is -0.723. The van der Waals surface area contributed by atoms with E-state index in [1.165, 1.54) is 0 Å². The summed E-state index contributed by atoms with van der Waals surface area (Å²) >= 11 is 0. The molecule has 0 radical (unpaired) electrons. The van der Waals surface area contributed by atoms with Gasteiger partial charge in [0.25, 0.3) is 5.91 Å². The lowest BCUT2D eigenvalue weighted by atomic mass is 9.85. The van der Waals surface area contributed by atoms with Crippen molar-refractivity contribution >= 4 is 11.8 Å². The van der Waals surface area contributed by atoms with Crippen LogP contribution in [0.1, 0.15) is 49.8 Å². The van der Waals surface area contributed by atoms with Crippen LogP contribution in [0.15, 0.2) is 48.5 Å². The lowest BCUT2D eigenvalue weighted by Gasteiger charge is -2.45. The molecule has 2 amide bonds. The maximum atomic E-state index is 14.0. The van der Waals surface area contributed by atoms with Crippen LogP contribution in [0.2, 0.25) is 0 Å². The Morgan fingerprint density at radius 2 is 1.67 bits per heavy atom. The first-order valence-electron chi connectivity index (χ1n) is 11.9. The summed E-state index contributed by atoms with van der Waals surface area (Å²) < 4.78 is 11.1. The summed E-state index contributed by atoms with van der Waals surface area (Å²) in [5, 5.41) is 0.